The summed E-state index contributed by atoms with van der Waals surface area (Å²) in [5.74, 6) is 1.24. The number of piperazine rings is 1. The summed E-state index contributed by atoms with van der Waals surface area (Å²) in [4.78, 5) is 30.7. The molecule has 0 aliphatic carbocycles. The number of ether oxygens (including phenoxy) is 1. The number of aryl methyl sites for hydroxylation is 1. The van der Waals surface area contributed by atoms with Crippen LogP contribution in [0.4, 0.5) is 0 Å². The van der Waals surface area contributed by atoms with Crippen molar-refractivity contribution in [1.82, 2.24) is 29.3 Å². The van der Waals surface area contributed by atoms with Gasteiger partial charge in [-0.2, -0.15) is 5.10 Å². The number of aromatic nitrogens is 3. The molecule has 3 heterocycles. The van der Waals surface area contributed by atoms with E-state index in [0.29, 0.717) is 24.2 Å². The lowest BCUT2D eigenvalue weighted by atomic mass is 10.2. The average Bonchev–Trinajstić information content (AvgIpc) is 3.25. The molecule has 9 nitrogen and oxygen atoms in total. The van der Waals surface area contributed by atoms with E-state index in [1.807, 2.05) is 35.6 Å². The Balaban J connectivity index is 1.38. The van der Waals surface area contributed by atoms with Gasteiger partial charge < -0.3 is 19.9 Å². The van der Waals surface area contributed by atoms with Gasteiger partial charge in [-0.05, 0) is 44.1 Å². The number of amides is 1. The van der Waals surface area contributed by atoms with Crippen LogP contribution in [-0.2, 0) is 17.8 Å². The molecular formula is C25H36N6O3. The van der Waals surface area contributed by atoms with Crippen LogP contribution >= 0.6 is 0 Å². The van der Waals surface area contributed by atoms with Crippen LogP contribution < -0.4 is 15.6 Å². The lowest BCUT2D eigenvalue weighted by Crippen LogP contribution is -2.47. The van der Waals surface area contributed by atoms with Crippen LogP contribution in [0, 0.1) is 0 Å². The fourth-order valence-electron chi connectivity index (χ4n) is 4.79. The third-order valence-electron chi connectivity index (χ3n) is 6.56. The number of carbonyl (C=O) groups is 1. The van der Waals surface area contributed by atoms with Gasteiger partial charge in [-0.15, -0.1) is 0 Å². The normalized spacial score (nSPS) is 15.3. The Morgan fingerprint density at radius 1 is 1.09 bits per heavy atom. The predicted octanol–water partition coefficient (Wildman–Crippen LogP) is 1.75. The summed E-state index contributed by atoms with van der Waals surface area (Å²) in [7, 11) is 1.62. The van der Waals surface area contributed by atoms with Gasteiger partial charge in [-0.25, -0.2) is 4.68 Å². The Morgan fingerprint density at radius 3 is 2.50 bits per heavy atom. The molecule has 0 atom stereocenters. The Bertz CT molecular complexity index is 1190. The van der Waals surface area contributed by atoms with Crippen LogP contribution in [0.5, 0.6) is 5.75 Å². The van der Waals surface area contributed by atoms with Crippen molar-refractivity contribution >= 4 is 22.3 Å². The molecule has 0 radical (unpaired) electrons. The lowest BCUT2D eigenvalue weighted by Gasteiger charge is -2.34. The highest BCUT2D eigenvalue weighted by molar-refractivity contribution is 5.92. The van der Waals surface area contributed by atoms with E-state index in [1.54, 1.807) is 7.11 Å². The van der Waals surface area contributed by atoms with E-state index in [2.05, 4.69) is 27.1 Å². The van der Waals surface area contributed by atoms with E-state index < -0.39 is 0 Å². The van der Waals surface area contributed by atoms with E-state index in [9.17, 15) is 9.59 Å². The molecule has 34 heavy (non-hydrogen) atoms. The largest absolute Gasteiger partial charge is 0.496 e. The number of nitrogens with one attached hydrogen (secondary N) is 1. The molecule has 1 N–H and O–H groups in total. The Hall–Kier alpha value is -2.91. The number of methoxy groups -OCH3 is 1. The number of rotatable bonds is 10. The third kappa shape index (κ3) is 5.10. The molecule has 184 valence electrons. The molecule has 0 saturated carbocycles. The van der Waals surface area contributed by atoms with Crippen molar-refractivity contribution in [3.05, 3.63) is 40.4 Å². The number of fused-ring (bicyclic) bond motifs is 3. The van der Waals surface area contributed by atoms with Crippen LogP contribution in [0.25, 0.3) is 16.4 Å². The summed E-state index contributed by atoms with van der Waals surface area (Å²) in [6, 6.07) is 7.55. The van der Waals surface area contributed by atoms with Crippen molar-refractivity contribution < 1.29 is 9.53 Å². The zero-order chi connectivity index (χ0) is 24.1. The molecule has 4 rings (SSSR count). The smallest absolute Gasteiger partial charge is 0.291 e. The van der Waals surface area contributed by atoms with Crippen molar-refractivity contribution in [3.8, 4) is 5.75 Å². The first-order chi connectivity index (χ1) is 16.5. The van der Waals surface area contributed by atoms with E-state index in [0.717, 1.165) is 55.9 Å². The molecule has 1 aliphatic rings. The fourth-order valence-corrected chi connectivity index (χ4v) is 4.79. The Kier molecular flexibility index (Phi) is 7.84. The monoisotopic (exact) mass is 468 g/mol. The maximum atomic E-state index is 13.2. The first kappa shape index (κ1) is 24.2. The number of hydrogen-bond acceptors (Lipinski definition) is 6. The first-order valence-corrected chi connectivity index (χ1v) is 12.3. The molecule has 0 bridgehead atoms. The third-order valence-corrected chi connectivity index (χ3v) is 6.56. The van der Waals surface area contributed by atoms with Gasteiger partial charge >= 0.3 is 0 Å². The highest BCUT2D eigenvalue weighted by atomic mass is 16.5. The summed E-state index contributed by atoms with van der Waals surface area (Å²) < 4.78 is 8.62. The number of nitrogens with zero attached hydrogens (tertiary/aromatic N) is 5. The molecule has 0 spiro atoms. The van der Waals surface area contributed by atoms with E-state index in [-0.39, 0.29) is 18.0 Å². The average molecular weight is 469 g/mol. The topological polar surface area (TPSA) is 84.1 Å². The summed E-state index contributed by atoms with van der Waals surface area (Å²) in [6.45, 7) is 11.3. The molecule has 1 aromatic carbocycles. The number of carbonyl (C=O) groups excluding carboxylic acids is 1. The first-order valence-electron chi connectivity index (χ1n) is 12.3. The number of hydrogen-bond donors (Lipinski definition) is 1. The molecule has 2 aromatic heterocycles. The van der Waals surface area contributed by atoms with Gasteiger partial charge in [-0.1, -0.05) is 19.9 Å². The minimum absolute atomic E-state index is 0.0866. The highest BCUT2D eigenvalue weighted by Gasteiger charge is 2.18. The highest BCUT2D eigenvalue weighted by Crippen LogP contribution is 2.28. The van der Waals surface area contributed by atoms with Gasteiger partial charge in [0.05, 0.1) is 12.6 Å². The van der Waals surface area contributed by atoms with Crippen molar-refractivity contribution in [2.75, 3.05) is 52.9 Å². The number of benzene rings is 1. The van der Waals surface area contributed by atoms with E-state index >= 15 is 0 Å². The molecule has 1 aliphatic heterocycles. The fraction of sp³-hybridized carbons (Fsp3) is 0.560. The molecule has 3 aromatic rings. The maximum Gasteiger partial charge on any atom is 0.291 e. The predicted molar refractivity (Wildman–Crippen MR) is 134 cm³/mol. The quantitative estimate of drug-likeness (QED) is 0.457. The minimum atomic E-state index is -0.282. The zero-order valence-corrected chi connectivity index (χ0v) is 20.5. The second-order valence-corrected chi connectivity index (χ2v) is 8.88. The van der Waals surface area contributed by atoms with E-state index in [1.165, 1.54) is 17.6 Å². The molecule has 1 amide bonds. The van der Waals surface area contributed by atoms with E-state index in [4.69, 9.17) is 4.74 Å². The van der Waals surface area contributed by atoms with Gasteiger partial charge in [0.1, 0.15) is 23.6 Å². The molecule has 9 heteroatoms. The molecular weight excluding hydrogens is 432 g/mol. The Labute approximate surface area is 200 Å². The summed E-state index contributed by atoms with van der Waals surface area (Å²) in [5, 5.41) is 8.33. The maximum absolute atomic E-state index is 13.2. The zero-order valence-electron chi connectivity index (χ0n) is 20.5. The van der Waals surface area contributed by atoms with Crippen molar-refractivity contribution in [3.63, 3.8) is 0 Å². The SMILES string of the molecule is CCCN1CCN(CCCNC(=O)Cn2nc(CC)n3c(cc4c(OC)cccc43)c2=O)CC1. The second-order valence-electron chi connectivity index (χ2n) is 8.88. The lowest BCUT2D eigenvalue weighted by molar-refractivity contribution is -0.121. The molecule has 0 unspecified atom stereocenters. The summed E-state index contributed by atoms with van der Waals surface area (Å²) in [5.41, 5.74) is 1.10. The van der Waals surface area contributed by atoms with Gasteiger partial charge in [-0.3, -0.25) is 14.0 Å². The van der Waals surface area contributed by atoms with Crippen LogP contribution in [0.15, 0.2) is 29.1 Å². The van der Waals surface area contributed by atoms with Crippen LogP contribution in [0.3, 0.4) is 0 Å². The van der Waals surface area contributed by atoms with Crippen LogP contribution in [0.1, 0.15) is 32.5 Å². The standard InChI is InChI=1S/C25H36N6O3/c1-4-11-28-13-15-29(16-14-28)12-7-10-26-24(32)18-30-25(33)21-17-19-20(8-6-9-22(19)34-3)31(21)23(5-2)27-30/h6,8-9,17H,4-5,7,10-16,18H2,1-3H3,(H,26,32). The summed E-state index contributed by atoms with van der Waals surface area (Å²) >= 11 is 0. The van der Waals surface area contributed by atoms with Crippen molar-refractivity contribution in [1.29, 1.82) is 0 Å². The Morgan fingerprint density at radius 2 is 1.82 bits per heavy atom. The van der Waals surface area contributed by atoms with Gasteiger partial charge in [0, 0.05) is 44.5 Å². The van der Waals surface area contributed by atoms with Crippen molar-refractivity contribution in [2.24, 2.45) is 0 Å². The van der Waals surface area contributed by atoms with Crippen molar-refractivity contribution in [2.45, 2.75) is 39.7 Å². The second kappa shape index (κ2) is 11.0. The molecule has 1 saturated heterocycles. The minimum Gasteiger partial charge on any atom is -0.496 e. The van der Waals surface area contributed by atoms with Crippen LogP contribution in [0.2, 0.25) is 0 Å². The molecule has 1 fully saturated rings. The summed E-state index contributed by atoms with van der Waals surface area (Å²) in [6.07, 6.45) is 2.72. The van der Waals surface area contributed by atoms with Gasteiger partial charge in [0.2, 0.25) is 5.91 Å². The van der Waals surface area contributed by atoms with Gasteiger partial charge in [0.25, 0.3) is 5.56 Å². The van der Waals surface area contributed by atoms with Crippen LogP contribution in [-0.4, -0.2) is 82.8 Å². The van der Waals surface area contributed by atoms with Gasteiger partial charge in [0.15, 0.2) is 0 Å².